The lowest BCUT2D eigenvalue weighted by Crippen LogP contribution is -2.36. The van der Waals surface area contributed by atoms with Gasteiger partial charge in [-0.15, -0.1) is 11.3 Å². The zero-order valence-corrected chi connectivity index (χ0v) is 19.1. The summed E-state index contributed by atoms with van der Waals surface area (Å²) < 4.78 is 0. The highest BCUT2D eigenvalue weighted by molar-refractivity contribution is 7.16. The first-order chi connectivity index (χ1) is 14.4. The summed E-state index contributed by atoms with van der Waals surface area (Å²) in [5.74, 6) is 0.598. The van der Waals surface area contributed by atoms with E-state index in [1.807, 2.05) is 6.07 Å². The molecule has 1 aromatic heterocycles. The van der Waals surface area contributed by atoms with E-state index in [0.29, 0.717) is 23.4 Å². The average molecular weight is 422 g/mol. The van der Waals surface area contributed by atoms with E-state index in [1.165, 1.54) is 16.0 Å². The lowest BCUT2D eigenvalue weighted by molar-refractivity contribution is -0.115. The van der Waals surface area contributed by atoms with Crippen molar-refractivity contribution in [3.63, 3.8) is 0 Å². The zero-order valence-electron chi connectivity index (χ0n) is 18.3. The lowest BCUT2D eigenvalue weighted by atomic mass is 9.69. The van der Waals surface area contributed by atoms with Gasteiger partial charge in [0.2, 0.25) is 5.91 Å². The Kier molecular flexibility index (Phi) is 5.88. The number of anilines is 2. The van der Waals surface area contributed by atoms with Crippen molar-refractivity contribution in [2.45, 2.75) is 59.3 Å². The topological polar surface area (TPSA) is 56.1 Å². The number of hydrogen-bond donors (Lipinski definition) is 1. The van der Waals surface area contributed by atoms with Gasteiger partial charge >= 0.3 is 0 Å². The number of thiophene rings is 1. The molecule has 2 heterocycles. The highest BCUT2D eigenvalue weighted by Crippen LogP contribution is 2.45. The quantitative estimate of drug-likeness (QED) is 0.688. The van der Waals surface area contributed by atoms with Crippen molar-refractivity contribution < 1.29 is 4.79 Å². The fraction of sp³-hybridized carbons (Fsp3) is 0.520. The van der Waals surface area contributed by atoms with E-state index < -0.39 is 0 Å². The highest BCUT2D eigenvalue weighted by atomic mass is 32.1. The molecule has 0 saturated carbocycles. The third-order valence-corrected chi connectivity index (χ3v) is 8.36. The van der Waals surface area contributed by atoms with Gasteiger partial charge in [-0.2, -0.15) is 5.26 Å². The van der Waals surface area contributed by atoms with Gasteiger partial charge in [-0.25, -0.2) is 0 Å². The Morgan fingerprint density at radius 3 is 2.90 bits per heavy atom. The molecule has 1 aliphatic heterocycles. The normalized spacial score (nSPS) is 18.3. The Bertz CT molecular complexity index is 985. The van der Waals surface area contributed by atoms with Gasteiger partial charge in [0.05, 0.1) is 12.1 Å². The molecule has 158 valence electrons. The number of para-hydroxylation sites is 1. The Labute approximate surface area is 183 Å². The lowest BCUT2D eigenvalue weighted by Gasteiger charge is -2.36. The number of benzene rings is 1. The molecule has 0 radical (unpaired) electrons. The van der Waals surface area contributed by atoms with Crippen molar-refractivity contribution in [2.75, 3.05) is 23.3 Å². The summed E-state index contributed by atoms with van der Waals surface area (Å²) in [5, 5.41) is 13.6. The summed E-state index contributed by atoms with van der Waals surface area (Å²) in [4.78, 5) is 16.3. The maximum atomic E-state index is 12.9. The molecular formula is C25H31N3OS. The average Bonchev–Trinajstić information content (AvgIpc) is 3.09. The fourth-order valence-corrected chi connectivity index (χ4v) is 6.16. The number of fused-ring (bicyclic) bond motifs is 2. The van der Waals surface area contributed by atoms with Gasteiger partial charge in [-0.3, -0.25) is 4.79 Å². The molecule has 2 aliphatic rings. The van der Waals surface area contributed by atoms with Crippen LogP contribution in [0.5, 0.6) is 0 Å². The van der Waals surface area contributed by atoms with Crippen LogP contribution in [0.25, 0.3) is 0 Å². The molecule has 0 fully saturated rings. The summed E-state index contributed by atoms with van der Waals surface area (Å²) in [6, 6.07) is 10.7. The summed E-state index contributed by atoms with van der Waals surface area (Å²) >= 11 is 1.62. The van der Waals surface area contributed by atoms with Gasteiger partial charge < -0.3 is 10.2 Å². The van der Waals surface area contributed by atoms with Crippen molar-refractivity contribution in [1.29, 1.82) is 5.26 Å². The van der Waals surface area contributed by atoms with E-state index in [1.54, 1.807) is 11.3 Å². The number of amides is 1. The van der Waals surface area contributed by atoms with E-state index in [-0.39, 0.29) is 5.91 Å². The summed E-state index contributed by atoms with van der Waals surface area (Å²) in [5.41, 5.74) is 4.64. The zero-order chi connectivity index (χ0) is 21.3. The molecule has 1 N–H and O–H groups in total. The fourth-order valence-electron chi connectivity index (χ4n) is 4.86. The summed E-state index contributed by atoms with van der Waals surface area (Å²) in [7, 11) is 0. The number of nitriles is 1. The van der Waals surface area contributed by atoms with Crippen LogP contribution < -0.4 is 10.2 Å². The Morgan fingerprint density at radius 2 is 2.13 bits per heavy atom. The van der Waals surface area contributed by atoms with Gasteiger partial charge in [0, 0.05) is 17.1 Å². The molecule has 0 spiro atoms. The van der Waals surface area contributed by atoms with Gasteiger partial charge in [0.15, 0.2) is 0 Å². The number of nitrogens with one attached hydrogen (secondary N) is 1. The Hall–Kier alpha value is -2.32. The van der Waals surface area contributed by atoms with Crippen molar-refractivity contribution in [2.24, 2.45) is 11.3 Å². The van der Waals surface area contributed by atoms with Crippen molar-refractivity contribution >= 4 is 27.9 Å². The first-order valence-electron chi connectivity index (χ1n) is 11.1. The molecule has 1 amide bonds. The van der Waals surface area contributed by atoms with E-state index >= 15 is 0 Å². The number of aryl methyl sites for hydroxylation is 1. The van der Waals surface area contributed by atoms with Crippen LogP contribution in [-0.2, 0) is 24.1 Å². The number of hydrogen-bond acceptors (Lipinski definition) is 4. The van der Waals surface area contributed by atoms with Crippen LogP contribution in [0.3, 0.4) is 0 Å². The standard InChI is InChI=1S/C25H31N3OS/c1-4-25(2,3)18-11-12-19-20(15-26)24(30-22(19)14-18)27-23(29)16-28-13-7-9-17-8-5-6-10-21(17)28/h5-6,8,10,18H,4,7,9,11-14,16H2,1-3H3,(H,27,29). The Balaban J connectivity index is 1.50. The smallest absolute Gasteiger partial charge is 0.244 e. The third kappa shape index (κ3) is 3.98. The molecule has 1 aromatic carbocycles. The van der Waals surface area contributed by atoms with Gasteiger partial charge in [-0.1, -0.05) is 45.4 Å². The van der Waals surface area contributed by atoms with Crippen molar-refractivity contribution in [3.8, 4) is 6.07 Å². The number of rotatable bonds is 5. The van der Waals surface area contributed by atoms with E-state index in [0.717, 1.165) is 55.8 Å². The molecule has 4 nitrogen and oxygen atoms in total. The maximum Gasteiger partial charge on any atom is 0.244 e. The molecule has 2 aromatic rings. The predicted molar refractivity (Wildman–Crippen MR) is 124 cm³/mol. The van der Waals surface area contributed by atoms with Gasteiger partial charge in [0.25, 0.3) is 0 Å². The van der Waals surface area contributed by atoms with E-state index in [9.17, 15) is 10.1 Å². The minimum Gasteiger partial charge on any atom is -0.362 e. The van der Waals surface area contributed by atoms with E-state index in [2.05, 4.69) is 55.3 Å². The van der Waals surface area contributed by atoms with Crippen LogP contribution in [-0.4, -0.2) is 19.0 Å². The third-order valence-electron chi connectivity index (χ3n) is 7.19. The van der Waals surface area contributed by atoms with Gasteiger partial charge in [0.1, 0.15) is 11.1 Å². The molecule has 1 aliphatic carbocycles. The first kappa shape index (κ1) is 20.9. The van der Waals surface area contributed by atoms with Crippen molar-refractivity contribution in [1.82, 2.24) is 0 Å². The maximum absolute atomic E-state index is 12.9. The summed E-state index contributed by atoms with van der Waals surface area (Å²) in [6.45, 7) is 8.18. The summed E-state index contributed by atoms with van der Waals surface area (Å²) in [6.07, 6.45) is 6.38. The molecule has 0 saturated heterocycles. The minimum absolute atomic E-state index is 0.0350. The number of nitrogens with zero attached hydrogens (tertiary/aromatic N) is 2. The van der Waals surface area contributed by atoms with Crippen molar-refractivity contribution in [3.05, 3.63) is 45.8 Å². The highest BCUT2D eigenvalue weighted by Gasteiger charge is 2.34. The molecular weight excluding hydrogens is 390 g/mol. The molecule has 30 heavy (non-hydrogen) atoms. The largest absolute Gasteiger partial charge is 0.362 e. The first-order valence-corrected chi connectivity index (χ1v) is 11.9. The van der Waals surface area contributed by atoms with Crippen LogP contribution in [0.2, 0.25) is 0 Å². The SMILES string of the molecule is CCC(C)(C)C1CCc2c(sc(NC(=O)CN3CCCc4ccccc43)c2C#N)C1. The molecule has 1 unspecified atom stereocenters. The molecule has 1 atom stereocenters. The minimum atomic E-state index is -0.0350. The van der Waals surface area contributed by atoms with Gasteiger partial charge in [-0.05, 0) is 60.6 Å². The molecule has 0 bridgehead atoms. The second kappa shape index (κ2) is 8.43. The monoisotopic (exact) mass is 421 g/mol. The molecule has 5 heteroatoms. The van der Waals surface area contributed by atoms with Crippen LogP contribution in [0.15, 0.2) is 24.3 Å². The van der Waals surface area contributed by atoms with E-state index in [4.69, 9.17) is 0 Å². The Morgan fingerprint density at radius 1 is 1.33 bits per heavy atom. The van der Waals surface area contributed by atoms with Crippen LogP contribution in [0.4, 0.5) is 10.7 Å². The van der Waals surface area contributed by atoms with Crippen LogP contribution in [0.1, 0.15) is 61.6 Å². The number of carbonyl (C=O) groups excluding carboxylic acids is 1. The second-order valence-electron chi connectivity index (χ2n) is 9.30. The predicted octanol–water partition coefficient (Wildman–Crippen LogP) is 5.55. The van der Waals surface area contributed by atoms with Crippen LogP contribution >= 0.6 is 11.3 Å². The van der Waals surface area contributed by atoms with Crippen LogP contribution in [0, 0.1) is 22.7 Å². The second-order valence-corrected chi connectivity index (χ2v) is 10.4. The molecule has 4 rings (SSSR count). The number of carbonyl (C=O) groups is 1.